The van der Waals surface area contributed by atoms with E-state index in [2.05, 4.69) is 26.1 Å². The lowest BCUT2D eigenvalue weighted by Gasteiger charge is -2.02. The van der Waals surface area contributed by atoms with Crippen LogP contribution in [0, 0.1) is 0 Å². The van der Waals surface area contributed by atoms with Gasteiger partial charge in [0.15, 0.2) is 6.61 Å². The lowest BCUT2D eigenvalue weighted by molar-refractivity contribution is 0.0438. The van der Waals surface area contributed by atoms with Crippen molar-refractivity contribution in [1.82, 2.24) is 10.2 Å². The molecule has 0 aliphatic carbocycles. The Morgan fingerprint density at radius 1 is 1.17 bits per heavy atom. The molecule has 0 bridgehead atoms. The standard InChI is InChI=1S/C16H10BrClN2O3/c17-12-3-1-2-11(8-12)16(21)22-9-14-19-20-15(23-14)10-4-6-13(18)7-5-10/h1-8H,9H2. The highest BCUT2D eigenvalue weighted by molar-refractivity contribution is 9.10. The van der Waals surface area contributed by atoms with E-state index in [4.69, 9.17) is 20.8 Å². The maximum absolute atomic E-state index is 11.9. The van der Waals surface area contributed by atoms with E-state index in [0.29, 0.717) is 16.5 Å². The number of halogens is 2. The normalized spacial score (nSPS) is 10.5. The molecule has 116 valence electrons. The zero-order valence-electron chi connectivity index (χ0n) is 11.7. The first-order chi connectivity index (χ1) is 11.1. The highest BCUT2D eigenvalue weighted by Gasteiger charge is 2.12. The number of carbonyl (C=O) groups is 1. The SMILES string of the molecule is O=C(OCc1nnc(-c2ccc(Cl)cc2)o1)c1cccc(Br)c1. The Bertz CT molecular complexity index is 833. The number of hydrogen-bond acceptors (Lipinski definition) is 5. The van der Waals surface area contributed by atoms with Gasteiger partial charge in [-0.05, 0) is 42.5 Å². The molecule has 3 aromatic rings. The van der Waals surface area contributed by atoms with Crippen LogP contribution in [-0.2, 0) is 11.3 Å². The predicted molar refractivity (Wildman–Crippen MR) is 88.0 cm³/mol. The Kier molecular flexibility index (Phi) is 4.73. The van der Waals surface area contributed by atoms with Crippen molar-refractivity contribution < 1.29 is 13.9 Å². The Morgan fingerprint density at radius 2 is 1.96 bits per heavy atom. The van der Waals surface area contributed by atoms with Gasteiger partial charge in [-0.2, -0.15) is 0 Å². The summed E-state index contributed by atoms with van der Waals surface area (Å²) in [5, 5.41) is 8.41. The fraction of sp³-hybridized carbons (Fsp3) is 0.0625. The molecule has 0 N–H and O–H groups in total. The summed E-state index contributed by atoms with van der Waals surface area (Å²) in [7, 11) is 0. The van der Waals surface area contributed by atoms with Gasteiger partial charge in [-0.15, -0.1) is 10.2 Å². The summed E-state index contributed by atoms with van der Waals surface area (Å²) in [4.78, 5) is 11.9. The molecule has 1 heterocycles. The van der Waals surface area contributed by atoms with Crippen LogP contribution in [0.3, 0.4) is 0 Å². The molecule has 0 amide bonds. The maximum atomic E-state index is 11.9. The molecule has 0 aliphatic rings. The molecule has 0 aliphatic heterocycles. The number of nitrogens with zero attached hydrogens (tertiary/aromatic N) is 2. The summed E-state index contributed by atoms with van der Waals surface area (Å²) in [6.45, 7) is -0.0913. The average molecular weight is 394 g/mol. The number of ether oxygens (including phenoxy) is 1. The first-order valence-electron chi connectivity index (χ1n) is 6.63. The monoisotopic (exact) mass is 392 g/mol. The highest BCUT2D eigenvalue weighted by Crippen LogP contribution is 2.20. The molecule has 0 radical (unpaired) electrons. The summed E-state index contributed by atoms with van der Waals surface area (Å²) >= 11 is 9.13. The van der Waals surface area contributed by atoms with Gasteiger partial charge in [0.2, 0.25) is 5.89 Å². The second kappa shape index (κ2) is 6.93. The fourth-order valence-corrected chi connectivity index (χ4v) is 2.37. The van der Waals surface area contributed by atoms with Crippen molar-refractivity contribution in [3.63, 3.8) is 0 Å². The molecular weight excluding hydrogens is 384 g/mol. The topological polar surface area (TPSA) is 65.2 Å². The Labute approximate surface area is 145 Å². The fourth-order valence-electron chi connectivity index (χ4n) is 1.85. The van der Waals surface area contributed by atoms with Crippen LogP contribution in [0.15, 0.2) is 57.4 Å². The first-order valence-corrected chi connectivity index (χ1v) is 7.80. The van der Waals surface area contributed by atoms with Crippen molar-refractivity contribution in [1.29, 1.82) is 0 Å². The van der Waals surface area contributed by atoms with Gasteiger partial charge in [-0.25, -0.2) is 4.79 Å². The molecule has 0 saturated carbocycles. The van der Waals surface area contributed by atoms with E-state index in [0.717, 1.165) is 10.0 Å². The zero-order valence-corrected chi connectivity index (χ0v) is 14.0. The van der Waals surface area contributed by atoms with Crippen LogP contribution in [0.2, 0.25) is 5.02 Å². The van der Waals surface area contributed by atoms with Gasteiger partial charge in [-0.1, -0.05) is 33.6 Å². The number of benzene rings is 2. The van der Waals surface area contributed by atoms with Crippen molar-refractivity contribution in [2.75, 3.05) is 0 Å². The van der Waals surface area contributed by atoms with E-state index in [-0.39, 0.29) is 12.5 Å². The average Bonchev–Trinajstić information content (AvgIpc) is 3.02. The van der Waals surface area contributed by atoms with Gasteiger partial charge in [-0.3, -0.25) is 0 Å². The summed E-state index contributed by atoms with van der Waals surface area (Å²) in [6.07, 6.45) is 0. The Hall–Kier alpha value is -2.18. The van der Waals surface area contributed by atoms with Gasteiger partial charge in [0.1, 0.15) is 0 Å². The molecule has 5 nitrogen and oxygen atoms in total. The second-order valence-corrected chi connectivity index (χ2v) is 5.95. The van der Waals surface area contributed by atoms with E-state index >= 15 is 0 Å². The second-order valence-electron chi connectivity index (χ2n) is 4.59. The van der Waals surface area contributed by atoms with E-state index in [9.17, 15) is 4.79 Å². The summed E-state index contributed by atoms with van der Waals surface area (Å²) in [6, 6.07) is 13.9. The number of aromatic nitrogens is 2. The highest BCUT2D eigenvalue weighted by atomic mass is 79.9. The molecule has 1 aromatic heterocycles. The van der Waals surface area contributed by atoms with Crippen LogP contribution in [0.25, 0.3) is 11.5 Å². The molecule has 0 atom stereocenters. The Balaban J connectivity index is 1.65. The zero-order chi connectivity index (χ0) is 16.2. The van der Waals surface area contributed by atoms with Gasteiger partial charge >= 0.3 is 5.97 Å². The molecule has 7 heteroatoms. The number of esters is 1. The Morgan fingerprint density at radius 3 is 2.70 bits per heavy atom. The van der Waals surface area contributed by atoms with Gasteiger partial charge < -0.3 is 9.15 Å². The van der Waals surface area contributed by atoms with Crippen molar-refractivity contribution in [3.05, 3.63) is 69.5 Å². The van der Waals surface area contributed by atoms with E-state index in [1.165, 1.54) is 0 Å². The van der Waals surface area contributed by atoms with Gasteiger partial charge in [0, 0.05) is 15.1 Å². The van der Waals surface area contributed by atoms with Crippen LogP contribution in [0.4, 0.5) is 0 Å². The van der Waals surface area contributed by atoms with Gasteiger partial charge in [0.25, 0.3) is 5.89 Å². The molecule has 23 heavy (non-hydrogen) atoms. The molecule has 0 saturated heterocycles. The van der Waals surface area contributed by atoms with Crippen LogP contribution in [-0.4, -0.2) is 16.2 Å². The third-order valence-corrected chi connectivity index (χ3v) is 3.69. The minimum Gasteiger partial charge on any atom is -0.452 e. The van der Waals surface area contributed by atoms with Crippen LogP contribution < -0.4 is 0 Å². The number of hydrogen-bond donors (Lipinski definition) is 0. The number of carbonyl (C=O) groups excluding carboxylic acids is 1. The van der Waals surface area contributed by atoms with E-state index in [1.807, 2.05) is 6.07 Å². The largest absolute Gasteiger partial charge is 0.452 e. The molecule has 3 rings (SSSR count). The van der Waals surface area contributed by atoms with E-state index in [1.54, 1.807) is 42.5 Å². The molecular formula is C16H10BrClN2O3. The lowest BCUT2D eigenvalue weighted by Crippen LogP contribution is -2.05. The molecule has 0 fully saturated rings. The summed E-state index contributed by atoms with van der Waals surface area (Å²) in [5.74, 6) is 0.103. The van der Waals surface area contributed by atoms with Gasteiger partial charge in [0.05, 0.1) is 5.56 Å². The summed E-state index contributed by atoms with van der Waals surface area (Å²) < 4.78 is 11.4. The number of rotatable bonds is 4. The minimum atomic E-state index is -0.461. The predicted octanol–water partition coefficient (Wildman–Crippen LogP) is 4.51. The first kappa shape index (κ1) is 15.7. The third-order valence-electron chi connectivity index (χ3n) is 2.95. The summed E-state index contributed by atoms with van der Waals surface area (Å²) in [5.41, 5.74) is 1.18. The smallest absolute Gasteiger partial charge is 0.338 e. The van der Waals surface area contributed by atoms with Crippen LogP contribution >= 0.6 is 27.5 Å². The van der Waals surface area contributed by atoms with Crippen LogP contribution in [0.5, 0.6) is 0 Å². The van der Waals surface area contributed by atoms with Crippen molar-refractivity contribution in [2.24, 2.45) is 0 Å². The molecule has 0 spiro atoms. The maximum Gasteiger partial charge on any atom is 0.338 e. The molecule has 2 aromatic carbocycles. The van der Waals surface area contributed by atoms with Crippen molar-refractivity contribution in [2.45, 2.75) is 6.61 Å². The lowest BCUT2D eigenvalue weighted by atomic mass is 10.2. The van der Waals surface area contributed by atoms with Crippen molar-refractivity contribution in [3.8, 4) is 11.5 Å². The third kappa shape index (κ3) is 3.97. The van der Waals surface area contributed by atoms with Crippen molar-refractivity contribution >= 4 is 33.5 Å². The quantitative estimate of drug-likeness (QED) is 0.610. The van der Waals surface area contributed by atoms with Crippen LogP contribution in [0.1, 0.15) is 16.2 Å². The molecule has 0 unspecified atom stereocenters. The minimum absolute atomic E-state index is 0.0913. The van der Waals surface area contributed by atoms with E-state index < -0.39 is 5.97 Å².